The average Bonchev–Trinajstić information content (AvgIpc) is 2.41. The smallest absolute Gasteiger partial charge is 0.255 e. The quantitative estimate of drug-likeness (QED) is 0.883. The molecule has 2 rings (SSSR count). The molecule has 2 aromatic rings. The van der Waals surface area contributed by atoms with Gasteiger partial charge in [-0.3, -0.25) is 9.59 Å². The summed E-state index contributed by atoms with van der Waals surface area (Å²) in [7, 11) is 0. The first-order valence-electron chi connectivity index (χ1n) is 6.41. The zero-order chi connectivity index (χ0) is 15.4. The molecule has 2 amide bonds. The van der Waals surface area contributed by atoms with Crippen LogP contribution in [-0.2, 0) is 4.79 Å². The molecule has 108 valence electrons. The second-order valence-corrected chi connectivity index (χ2v) is 5.48. The van der Waals surface area contributed by atoms with Crippen LogP contribution >= 0.6 is 15.9 Å². The lowest BCUT2D eigenvalue weighted by Crippen LogP contribution is -2.14. The molecule has 0 aliphatic rings. The standard InChI is InChI=1S/C16H15BrN2O2/c1-10-14(7-4-8-15(10)17)16(21)19-13-6-3-5-12(9-13)18-11(2)20/h3-9H,1-2H3,(H,18,20)(H,19,21). The van der Waals surface area contributed by atoms with Crippen molar-refractivity contribution in [3.8, 4) is 0 Å². The lowest BCUT2D eigenvalue weighted by atomic mass is 10.1. The first kappa shape index (κ1) is 15.3. The molecule has 0 unspecified atom stereocenters. The summed E-state index contributed by atoms with van der Waals surface area (Å²) in [5.74, 6) is -0.338. The summed E-state index contributed by atoms with van der Waals surface area (Å²) in [6.07, 6.45) is 0. The van der Waals surface area contributed by atoms with Gasteiger partial charge in [-0.2, -0.15) is 0 Å². The number of halogens is 1. The molecule has 5 heteroatoms. The van der Waals surface area contributed by atoms with Gasteiger partial charge in [-0.25, -0.2) is 0 Å². The van der Waals surface area contributed by atoms with Gasteiger partial charge in [-0.15, -0.1) is 0 Å². The van der Waals surface area contributed by atoms with Gasteiger partial charge in [0.1, 0.15) is 0 Å². The van der Waals surface area contributed by atoms with Gasteiger partial charge in [-0.1, -0.05) is 28.1 Å². The van der Waals surface area contributed by atoms with Gasteiger partial charge in [0, 0.05) is 28.3 Å². The van der Waals surface area contributed by atoms with Crippen molar-refractivity contribution in [3.63, 3.8) is 0 Å². The predicted molar refractivity (Wildman–Crippen MR) is 87.6 cm³/mol. The summed E-state index contributed by atoms with van der Waals surface area (Å²) in [4.78, 5) is 23.3. The van der Waals surface area contributed by atoms with Gasteiger partial charge >= 0.3 is 0 Å². The van der Waals surface area contributed by atoms with E-state index in [4.69, 9.17) is 0 Å². The highest BCUT2D eigenvalue weighted by Gasteiger charge is 2.11. The molecule has 0 radical (unpaired) electrons. The summed E-state index contributed by atoms with van der Waals surface area (Å²) >= 11 is 3.41. The average molecular weight is 347 g/mol. The number of rotatable bonds is 3. The number of hydrogen-bond donors (Lipinski definition) is 2. The van der Waals surface area contributed by atoms with E-state index < -0.39 is 0 Å². The molecule has 0 saturated carbocycles. The first-order chi connectivity index (χ1) is 9.97. The molecule has 0 fully saturated rings. The molecule has 2 aromatic carbocycles. The number of anilines is 2. The van der Waals surface area contributed by atoms with Crippen LogP contribution in [-0.4, -0.2) is 11.8 Å². The minimum atomic E-state index is -0.186. The summed E-state index contributed by atoms with van der Waals surface area (Å²) < 4.78 is 0.891. The second kappa shape index (κ2) is 6.54. The van der Waals surface area contributed by atoms with Gasteiger partial charge in [0.15, 0.2) is 0 Å². The number of carbonyl (C=O) groups is 2. The summed E-state index contributed by atoms with van der Waals surface area (Å²) in [6, 6.07) is 12.5. The van der Waals surface area contributed by atoms with Crippen LogP contribution in [0.5, 0.6) is 0 Å². The Morgan fingerprint density at radius 2 is 1.62 bits per heavy atom. The number of hydrogen-bond acceptors (Lipinski definition) is 2. The molecule has 0 bridgehead atoms. The molecule has 0 aromatic heterocycles. The van der Waals surface area contributed by atoms with Gasteiger partial charge in [0.2, 0.25) is 5.91 Å². The zero-order valence-electron chi connectivity index (χ0n) is 11.7. The zero-order valence-corrected chi connectivity index (χ0v) is 13.3. The summed E-state index contributed by atoms with van der Waals surface area (Å²) in [5, 5.41) is 5.51. The molecule has 0 aliphatic carbocycles. The Morgan fingerprint density at radius 1 is 1.00 bits per heavy atom. The van der Waals surface area contributed by atoms with Crippen molar-refractivity contribution in [2.45, 2.75) is 13.8 Å². The third-order valence-electron chi connectivity index (χ3n) is 2.95. The van der Waals surface area contributed by atoms with E-state index in [1.54, 1.807) is 30.3 Å². The van der Waals surface area contributed by atoms with Gasteiger partial charge in [0.05, 0.1) is 0 Å². The maximum atomic E-state index is 12.3. The Hall–Kier alpha value is -2.14. The third kappa shape index (κ3) is 3.92. The molecule has 0 heterocycles. The second-order valence-electron chi connectivity index (χ2n) is 4.63. The molecule has 0 atom stereocenters. The van der Waals surface area contributed by atoms with Crippen molar-refractivity contribution < 1.29 is 9.59 Å². The largest absolute Gasteiger partial charge is 0.326 e. The van der Waals surface area contributed by atoms with Gasteiger partial charge < -0.3 is 10.6 Å². The maximum Gasteiger partial charge on any atom is 0.255 e. The number of nitrogens with one attached hydrogen (secondary N) is 2. The van der Waals surface area contributed by atoms with Crippen molar-refractivity contribution in [2.24, 2.45) is 0 Å². The number of benzene rings is 2. The van der Waals surface area contributed by atoms with Crippen LogP contribution in [0.1, 0.15) is 22.8 Å². The van der Waals surface area contributed by atoms with E-state index in [-0.39, 0.29) is 11.8 Å². The minimum absolute atomic E-state index is 0.152. The van der Waals surface area contributed by atoms with Crippen molar-refractivity contribution >= 4 is 39.1 Å². The van der Waals surface area contributed by atoms with Crippen LogP contribution in [0.15, 0.2) is 46.9 Å². The maximum absolute atomic E-state index is 12.3. The van der Waals surface area contributed by atoms with Crippen LogP contribution in [0.2, 0.25) is 0 Å². The van der Waals surface area contributed by atoms with E-state index in [0.717, 1.165) is 10.0 Å². The van der Waals surface area contributed by atoms with E-state index in [1.807, 2.05) is 19.1 Å². The van der Waals surface area contributed by atoms with E-state index in [1.165, 1.54) is 6.92 Å². The minimum Gasteiger partial charge on any atom is -0.326 e. The molecule has 21 heavy (non-hydrogen) atoms. The van der Waals surface area contributed by atoms with Gasteiger partial charge in [-0.05, 0) is 42.8 Å². The fourth-order valence-corrected chi connectivity index (χ4v) is 2.30. The molecular weight excluding hydrogens is 332 g/mol. The fraction of sp³-hybridized carbons (Fsp3) is 0.125. The van der Waals surface area contributed by atoms with Crippen LogP contribution in [0.3, 0.4) is 0 Å². The van der Waals surface area contributed by atoms with Crippen LogP contribution in [0.25, 0.3) is 0 Å². The topological polar surface area (TPSA) is 58.2 Å². The molecule has 0 aliphatic heterocycles. The third-order valence-corrected chi connectivity index (χ3v) is 3.81. The highest BCUT2D eigenvalue weighted by Crippen LogP contribution is 2.21. The Balaban J connectivity index is 2.20. The highest BCUT2D eigenvalue weighted by atomic mass is 79.9. The predicted octanol–water partition coefficient (Wildman–Crippen LogP) is 3.97. The summed E-state index contributed by atoms with van der Waals surface area (Å²) in [6.45, 7) is 3.32. The van der Waals surface area contributed by atoms with Crippen LogP contribution in [0, 0.1) is 6.92 Å². The van der Waals surface area contributed by atoms with Crippen LogP contribution < -0.4 is 10.6 Å². The Morgan fingerprint density at radius 3 is 2.29 bits per heavy atom. The normalized spacial score (nSPS) is 10.0. The number of amides is 2. The first-order valence-corrected chi connectivity index (χ1v) is 7.21. The van der Waals surface area contributed by atoms with Crippen molar-refractivity contribution in [3.05, 3.63) is 58.1 Å². The Bertz CT molecular complexity index is 698. The lowest BCUT2D eigenvalue weighted by Gasteiger charge is -2.10. The van der Waals surface area contributed by atoms with E-state index in [0.29, 0.717) is 16.9 Å². The van der Waals surface area contributed by atoms with Gasteiger partial charge in [0.25, 0.3) is 5.91 Å². The van der Waals surface area contributed by atoms with Crippen molar-refractivity contribution in [2.75, 3.05) is 10.6 Å². The Kier molecular flexibility index (Phi) is 4.75. The van der Waals surface area contributed by atoms with E-state index >= 15 is 0 Å². The molecule has 2 N–H and O–H groups in total. The molecular formula is C16H15BrN2O2. The Labute approximate surface area is 131 Å². The van der Waals surface area contributed by atoms with E-state index in [2.05, 4.69) is 26.6 Å². The van der Waals surface area contributed by atoms with Crippen molar-refractivity contribution in [1.29, 1.82) is 0 Å². The summed E-state index contributed by atoms with van der Waals surface area (Å²) in [5.41, 5.74) is 2.76. The number of carbonyl (C=O) groups excluding carboxylic acids is 2. The van der Waals surface area contributed by atoms with Crippen molar-refractivity contribution in [1.82, 2.24) is 0 Å². The monoisotopic (exact) mass is 346 g/mol. The fourth-order valence-electron chi connectivity index (χ4n) is 1.93. The molecule has 4 nitrogen and oxygen atoms in total. The van der Waals surface area contributed by atoms with Crippen LogP contribution in [0.4, 0.5) is 11.4 Å². The SMILES string of the molecule is CC(=O)Nc1cccc(NC(=O)c2cccc(Br)c2C)c1. The lowest BCUT2D eigenvalue weighted by molar-refractivity contribution is -0.114. The molecule has 0 saturated heterocycles. The van der Waals surface area contributed by atoms with E-state index in [9.17, 15) is 9.59 Å². The molecule has 0 spiro atoms. The highest BCUT2D eigenvalue weighted by molar-refractivity contribution is 9.10.